The number of methoxy groups -OCH3 is 1. The average Bonchev–Trinajstić information content (AvgIpc) is 2.77. The smallest absolute Gasteiger partial charge is 0.326 e. The second kappa shape index (κ2) is 4.96. The van der Waals surface area contributed by atoms with E-state index in [4.69, 9.17) is 10.5 Å². The summed E-state index contributed by atoms with van der Waals surface area (Å²) in [7, 11) is 3.03. The van der Waals surface area contributed by atoms with Gasteiger partial charge in [0.15, 0.2) is 5.65 Å². The molecule has 0 amide bonds. The molecular formula is C10H13N5O3. The number of aryl methyl sites for hydroxylation is 1. The number of nitrogens with zero attached hydrogens (tertiary/aromatic N) is 4. The van der Waals surface area contributed by atoms with Crippen molar-refractivity contribution in [1.29, 1.82) is 0 Å². The van der Waals surface area contributed by atoms with Gasteiger partial charge in [0.05, 0.1) is 13.3 Å². The van der Waals surface area contributed by atoms with Crippen LogP contribution in [0.3, 0.4) is 0 Å². The number of fused-ring (bicyclic) bond motifs is 1. The Morgan fingerprint density at radius 2 is 2.33 bits per heavy atom. The van der Waals surface area contributed by atoms with Crippen molar-refractivity contribution in [2.45, 2.75) is 6.04 Å². The Kier molecular flexibility index (Phi) is 3.38. The van der Waals surface area contributed by atoms with Crippen molar-refractivity contribution < 1.29 is 14.3 Å². The van der Waals surface area contributed by atoms with Crippen LogP contribution >= 0.6 is 0 Å². The monoisotopic (exact) mass is 251 g/mol. The zero-order valence-corrected chi connectivity index (χ0v) is 10.0. The summed E-state index contributed by atoms with van der Waals surface area (Å²) in [6.45, 7) is -0.0202. The number of hydrogen-bond donors (Lipinski definition) is 1. The van der Waals surface area contributed by atoms with Crippen LogP contribution in [0.1, 0.15) is 0 Å². The van der Waals surface area contributed by atoms with E-state index in [-0.39, 0.29) is 6.61 Å². The summed E-state index contributed by atoms with van der Waals surface area (Å²) < 4.78 is 11.5. The maximum Gasteiger partial charge on any atom is 0.326 e. The van der Waals surface area contributed by atoms with Crippen LogP contribution in [0.2, 0.25) is 0 Å². The molecule has 8 nitrogen and oxygen atoms in total. The molecule has 1 unspecified atom stereocenters. The van der Waals surface area contributed by atoms with E-state index in [1.807, 2.05) is 0 Å². The van der Waals surface area contributed by atoms with Gasteiger partial charge in [0.25, 0.3) is 0 Å². The highest BCUT2D eigenvalue weighted by atomic mass is 16.5. The van der Waals surface area contributed by atoms with Gasteiger partial charge in [0.1, 0.15) is 24.4 Å². The van der Waals surface area contributed by atoms with E-state index in [2.05, 4.69) is 19.8 Å². The van der Waals surface area contributed by atoms with Crippen molar-refractivity contribution in [3.63, 3.8) is 0 Å². The van der Waals surface area contributed by atoms with E-state index in [1.54, 1.807) is 17.9 Å². The summed E-state index contributed by atoms with van der Waals surface area (Å²) >= 11 is 0. The highest BCUT2D eigenvalue weighted by Crippen LogP contribution is 2.19. The molecule has 0 aliphatic carbocycles. The molecule has 0 aliphatic rings. The van der Waals surface area contributed by atoms with Gasteiger partial charge in [0, 0.05) is 7.05 Å². The molecular weight excluding hydrogens is 238 g/mol. The Morgan fingerprint density at radius 3 is 3.06 bits per heavy atom. The van der Waals surface area contributed by atoms with E-state index < -0.39 is 12.0 Å². The van der Waals surface area contributed by atoms with Crippen LogP contribution in [0, 0.1) is 0 Å². The van der Waals surface area contributed by atoms with Crippen LogP contribution in [0.15, 0.2) is 12.5 Å². The molecule has 0 radical (unpaired) electrons. The Labute approximate surface area is 103 Å². The minimum atomic E-state index is -0.850. The summed E-state index contributed by atoms with van der Waals surface area (Å²) in [5, 5.41) is 4.71. The number of rotatable bonds is 4. The molecule has 2 N–H and O–H groups in total. The zero-order valence-electron chi connectivity index (χ0n) is 10.0. The molecule has 0 bridgehead atoms. The number of ether oxygens (including phenoxy) is 2. The van der Waals surface area contributed by atoms with Crippen LogP contribution in [0.25, 0.3) is 11.0 Å². The largest absolute Gasteiger partial charge is 0.475 e. The van der Waals surface area contributed by atoms with Crippen LogP contribution in [-0.2, 0) is 16.6 Å². The number of carbonyl (C=O) groups is 1. The molecule has 0 spiro atoms. The first-order valence-corrected chi connectivity index (χ1v) is 5.22. The Morgan fingerprint density at radius 1 is 1.56 bits per heavy atom. The normalized spacial score (nSPS) is 12.4. The summed E-state index contributed by atoms with van der Waals surface area (Å²) in [4.78, 5) is 19.2. The minimum absolute atomic E-state index is 0.0202. The third kappa shape index (κ3) is 2.23. The molecule has 0 aliphatic heterocycles. The number of esters is 1. The van der Waals surface area contributed by atoms with Crippen LogP contribution in [0.5, 0.6) is 5.88 Å². The van der Waals surface area contributed by atoms with E-state index in [9.17, 15) is 4.79 Å². The van der Waals surface area contributed by atoms with Crippen molar-refractivity contribution in [2.75, 3.05) is 13.7 Å². The maximum absolute atomic E-state index is 11.1. The topological polar surface area (TPSA) is 105 Å². The molecule has 8 heteroatoms. The Bertz CT molecular complexity index is 568. The summed E-state index contributed by atoms with van der Waals surface area (Å²) in [6.07, 6.45) is 2.96. The molecule has 0 aromatic carbocycles. The SMILES string of the molecule is COC(=O)C(N)COc1ncnc2c1cnn2C. The maximum atomic E-state index is 11.1. The standard InChI is InChI=1S/C10H13N5O3/c1-15-8-6(3-14-15)9(13-5-12-8)18-4-7(11)10(16)17-2/h3,5,7H,4,11H2,1-2H3. The predicted molar refractivity (Wildman–Crippen MR) is 61.8 cm³/mol. The fourth-order valence-electron chi connectivity index (χ4n) is 1.44. The first kappa shape index (κ1) is 12.2. The number of aromatic nitrogens is 4. The van der Waals surface area contributed by atoms with Gasteiger partial charge in [-0.25, -0.2) is 9.97 Å². The number of hydrogen-bond acceptors (Lipinski definition) is 7. The lowest BCUT2D eigenvalue weighted by molar-refractivity contribution is -0.142. The van der Waals surface area contributed by atoms with Crippen molar-refractivity contribution in [3.8, 4) is 5.88 Å². The number of nitrogens with two attached hydrogens (primary N) is 1. The van der Waals surface area contributed by atoms with Gasteiger partial charge in [-0.15, -0.1) is 0 Å². The summed E-state index contributed by atoms with van der Waals surface area (Å²) in [5.74, 6) is -0.195. The van der Waals surface area contributed by atoms with Gasteiger partial charge in [-0.05, 0) is 0 Å². The van der Waals surface area contributed by atoms with E-state index in [0.717, 1.165) is 0 Å². The van der Waals surface area contributed by atoms with Crippen molar-refractivity contribution >= 4 is 17.0 Å². The highest BCUT2D eigenvalue weighted by molar-refractivity contribution is 5.79. The van der Waals surface area contributed by atoms with Gasteiger partial charge in [-0.1, -0.05) is 0 Å². The quantitative estimate of drug-likeness (QED) is 0.712. The van der Waals surface area contributed by atoms with Crippen molar-refractivity contribution in [1.82, 2.24) is 19.7 Å². The lowest BCUT2D eigenvalue weighted by Crippen LogP contribution is -2.37. The van der Waals surface area contributed by atoms with Crippen LogP contribution < -0.4 is 10.5 Å². The number of carbonyl (C=O) groups excluding carboxylic acids is 1. The molecule has 2 heterocycles. The predicted octanol–water partition coefficient (Wildman–Crippen LogP) is -0.758. The molecule has 2 aromatic rings. The fraction of sp³-hybridized carbons (Fsp3) is 0.400. The van der Waals surface area contributed by atoms with E-state index in [0.29, 0.717) is 16.9 Å². The van der Waals surface area contributed by atoms with Crippen LogP contribution in [-0.4, -0.2) is 45.5 Å². The first-order valence-electron chi connectivity index (χ1n) is 5.22. The van der Waals surface area contributed by atoms with Crippen molar-refractivity contribution in [2.24, 2.45) is 12.8 Å². The van der Waals surface area contributed by atoms with E-state index >= 15 is 0 Å². The van der Waals surface area contributed by atoms with Gasteiger partial charge in [-0.2, -0.15) is 5.10 Å². The van der Waals surface area contributed by atoms with Gasteiger partial charge in [0.2, 0.25) is 5.88 Å². The third-order valence-electron chi connectivity index (χ3n) is 2.40. The zero-order chi connectivity index (χ0) is 13.1. The second-order valence-electron chi connectivity index (χ2n) is 3.62. The molecule has 18 heavy (non-hydrogen) atoms. The molecule has 1 atom stereocenters. The Hall–Kier alpha value is -2.22. The molecule has 0 fully saturated rings. The Balaban J connectivity index is 2.15. The molecule has 0 saturated carbocycles. The minimum Gasteiger partial charge on any atom is -0.475 e. The summed E-state index contributed by atoms with van der Waals surface area (Å²) in [5.41, 5.74) is 6.21. The third-order valence-corrected chi connectivity index (χ3v) is 2.40. The van der Waals surface area contributed by atoms with Gasteiger partial charge >= 0.3 is 5.97 Å². The van der Waals surface area contributed by atoms with Crippen molar-refractivity contribution in [3.05, 3.63) is 12.5 Å². The first-order chi connectivity index (χ1) is 8.63. The van der Waals surface area contributed by atoms with Crippen LogP contribution in [0.4, 0.5) is 0 Å². The lowest BCUT2D eigenvalue weighted by Gasteiger charge is -2.10. The van der Waals surface area contributed by atoms with Gasteiger partial charge < -0.3 is 15.2 Å². The molecule has 2 rings (SSSR count). The summed E-state index contributed by atoms with van der Waals surface area (Å²) in [6, 6.07) is -0.850. The lowest BCUT2D eigenvalue weighted by atomic mass is 10.3. The molecule has 0 saturated heterocycles. The molecule has 96 valence electrons. The second-order valence-corrected chi connectivity index (χ2v) is 3.62. The molecule has 2 aromatic heterocycles. The van der Waals surface area contributed by atoms with Gasteiger partial charge in [-0.3, -0.25) is 9.48 Å². The average molecular weight is 251 g/mol. The highest BCUT2D eigenvalue weighted by Gasteiger charge is 2.16. The fourth-order valence-corrected chi connectivity index (χ4v) is 1.44. The van der Waals surface area contributed by atoms with E-state index in [1.165, 1.54) is 13.4 Å².